The summed E-state index contributed by atoms with van der Waals surface area (Å²) in [6, 6.07) is 18.0. The van der Waals surface area contributed by atoms with E-state index in [1.165, 1.54) is 0 Å². The summed E-state index contributed by atoms with van der Waals surface area (Å²) in [7, 11) is 0. The quantitative estimate of drug-likeness (QED) is 0.612. The first-order valence-electron chi connectivity index (χ1n) is 8.24. The van der Waals surface area contributed by atoms with Gasteiger partial charge in [0.25, 0.3) is 0 Å². The highest BCUT2D eigenvalue weighted by molar-refractivity contribution is 9.10. The largest absolute Gasteiger partial charge is 0.494 e. The Morgan fingerprint density at radius 1 is 1.12 bits per heavy atom. The number of rotatable bonds is 4. The Kier molecular flexibility index (Phi) is 4.86. The smallest absolute Gasteiger partial charge is 0.154 e. The molecule has 0 unspecified atom stereocenters. The summed E-state index contributed by atoms with van der Waals surface area (Å²) in [5.74, 6) is 1.56. The van der Waals surface area contributed by atoms with Gasteiger partial charge >= 0.3 is 0 Å². The number of ether oxygens (including phenoxy) is 1. The Balaban J connectivity index is 1.78. The Hall–Kier alpha value is -2.44. The molecule has 0 aliphatic carbocycles. The number of benzene rings is 2. The summed E-state index contributed by atoms with van der Waals surface area (Å²) in [6.45, 7) is 2.62. The number of halogens is 1. The third-order valence-electron chi connectivity index (χ3n) is 3.91. The van der Waals surface area contributed by atoms with E-state index >= 15 is 0 Å². The molecule has 3 aromatic rings. The van der Waals surface area contributed by atoms with E-state index in [0.717, 1.165) is 37.6 Å². The number of fused-ring (bicyclic) bond motifs is 1. The standard InChI is InChI=1S/C20H16BrN3OS/c1-2-25-15-8-5-13(6-9-15)20-22-17-10-7-14(21)12-16(17)19(23-24-20)18-4-3-11-26-18/h3-12H,2H2,1H3,(H,22,24). The molecule has 0 radical (unpaired) electrons. The summed E-state index contributed by atoms with van der Waals surface area (Å²) >= 11 is 5.21. The molecule has 0 saturated heterocycles. The van der Waals surface area contributed by atoms with E-state index in [2.05, 4.69) is 44.0 Å². The van der Waals surface area contributed by atoms with Crippen molar-refractivity contribution in [3.8, 4) is 5.75 Å². The van der Waals surface area contributed by atoms with Gasteiger partial charge in [-0.2, -0.15) is 5.10 Å². The zero-order valence-corrected chi connectivity index (χ0v) is 16.5. The van der Waals surface area contributed by atoms with Crippen LogP contribution in [0.4, 0.5) is 5.69 Å². The Morgan fingerprint density at radius 3 is 2.69 bits per heavy atom. The molecule has 4 rings (SSSR count). The average Bonchev–Trinajstić information content (AvgIpc) is 3.11. The van der Waals surface area contributed by atoms with Crippen LogP contribution in [0.1, 0.15) is 22.9 Å². The molecule has 0 bridgehead atoms. The molecule has 1 aliphatic heterocycles. The maximum absolute atomic E-state index is 5.52. The number of hydrazone groups is 1. The van der Waals surface area contributed by atoms with E-state index in [0.29, 0.717) is 12.4 Å². The number of amidine groups is 1. The third kappa shape index (κ3) is 3.43. The fraction of sp³-hybridized carbons (Fsp3) is 0.100. The second-order valence-corrected chi connectivity index (χ2v) is 7.49. The molecule has 2 heterocycles. The minimum absolute atomic E-state index is 0.648. The van der Waals surface area contributed by atoms with Crippen LogP contribution in [-0.2, 0) is 0 Å². The van der Waals surface area contributed by atoms with Crippen LogP contribution >= 0.6 is 27.3 Å². The molecule has 6 heteroatoms. The fourth-order valence-electron chi connectivity index (χ4n) is 2.72. The predicted molar refractivity (Wildman–Crippen MR) is 111 cm³/mol. The molecule has 4 nitrogen and oxygen atoms in total. The van der Waals surface area contributed by atoms with Gasteiger partial charge in [0, 0.05) is 15.6 Å². The molecule has 1 aromatic heterocycles. The summed E-state index contributed by atoms with van der Waals surface area (Å²) in [6.07, 6.45) is 0. The second-order valence-electron chi connectivity index (χ2n) is 5.63. The lowest BCUT2D eigenvalue weighted by atomic mass is 10.1. The van der Waals surface area contributed by atoms with Crippen molar-refractivity contribution in [3.05, 3.63) is 80.5 Å². The van der Waals surface area contributed by atoms with Gasteiger partial charge in [-0.3, -0.25) is 5.43 Å². The van der Waals surface area contributed by atoms with Crippen LogP contribution in [0.25, 0.3) is 0 Å². The van der Waals surface area contributed by atoms with Crippen LogP contribution in [0.2, 0.25) is 0 Å². The SMILES string of the molecule is CCOc1ccc(C2=Nc3ccc(Br)cc3C(c3cccs3)=NN2)cc1. The van der Waals surface area contributed by atoms with Crippen LogP contribution in [0.15, 0.2) is 74.5 Å². The van der Waals surface area contributed by atoms with Gasteiger partial charge in [0.2, 0.25) is 0 Å². The van der Waals surface area contributed by atoms with Gasteiger partial charge in [-0.1, -0.05) is 22.0 Å². The Bertz CT molecular complexity index is 979. The molecule has 0 spiro atoms. The zero-order valence-electron chi connectivity index (χ0n) is 14.1. The lowest BCUT2D eigenvalue weighted by Crippen LogP contribution is -2.19. The van der Waals surface area contributed by atoms with Gasteiger partial charge < -0.3 is 4.74 Å². The van der Waals surface area contributed by atoms with Gasteiger partial charge in [-0.15, -0.1) is 11.3 Å². The van der Waals surface area contributed by atoms with Crippen molar-refractivity contribution in [2.24, 2.45) is 10.1 Å². The van der Waals surface area contributed by atoms with Gasteiger partial charge in [0.05, 0.1) is 17.2 Å². The van der Waals surface area contributed by atoms with Crippen molar-refractivity contribution in [2.75, 3.05) is 6.61 Å². The molecule has 1 aliphatic rings. The number of hydrogen-bond acceptors (Lipinski definition) is 5. The third-order valence-corrected chi connectivity index (χ3v) is 5.28. The van der Waals surface area contributed by atoms with Crippen molar-refractivity contribution in [1.29, 1.82) is 0 Å². The van der Waals surface area contributed by atoms with Crippen molar-refractivity contribution in [2.45, 2.75) is 6.92 Å². The van der Waals surface area contributed by atoms with Gasteiger partial charge in [0.1, 0.15) is 11.5 Å². The van der Waals surface area contributed by atoms with Crippen molar-refractivity contribution in [1.82, 2.24) is 5.43 Å². The zero-order chi connectivity index (χ0) is 17.9. The van der Waals surface area contributed by atoms with Crippen molar-refractivity contribution in [3.63, 3.8) is 0 Å². The van der Waals surface area contributed by atoms with Crippen LogP contribution in [-0.4, -0.2) is 18.2 Å². The van der Waals surface area contributed by atoms with E-state index < -0.39 is 0 Å². The van der Waals surface area contributed by atoms with E-state index in [-0.39, 0.29) is 0 Å². The lowest BCUT2D eigenvalue weighted by molar-refractivity contribution is 0.340. The van der Waals surface area contributed by atoms with E-state index in [1.807, 2.05) is 49.4 Å². The number of aliphatic imine (C=N–C) groups is 1. The average molecular weight is 426 g/mol. The summed E-state index contributed by atoms with van der Waals surface area (Å²) < 4.78 is 6.52. The summed E-state index contributed by atoms with van der Waals surface area (Å²) in [4.78, 5) is 5.92. The van der Waals surface area contributed by atoms with E-state index in [4.69, 9.17) is 9.73 Å². The van der Waals surface area contributed by atoms with Crippen LogP contribution in [0.3, 0.4) is 0 Å². The molecule has 0 atom stereocenters. The molecule has 130 valence electrons. The van der Waals surface area contributed by atoms with Gasteiger partial charge in [0.15, 0.2) is 5.84 Å². The van der Waals surface area contributed by atoms with Crippen LogP contribution < -0.4 is 10.2 Å². The van der Waals surface area contributed by atoms with Crippen molar-refractivity contribution >= 4 is 44.5 Å². The highest BCUT2D eigenvalue weighted by Crippen LogP contribution is 2.30. The van der Waals surface area contributed by atoms with Crippen LogP contribution in [0, 0.1) is 0 Å². The maximum Gasteiger partial charge on any atom is 0.154 e. The Labute approximate surface area is 164 Å². The van der Waals surface area contributed by atoms with Gasteiger partial charge in [-0.05, 0) is 60.8 Å². The molecule has 0 amide bonds. The normalized spacial score (nSPS) is 13.2. The van der Waals surface area contributed by atoms with E-state index in [1.54, 1.807) is 11.3 Å². The highest BCUT2D eigenvalue weighted by atomic mass is 79.9. The molecule has 2 aromatic carbocycles. The second kappa shape index (κ2) is 7.43. The summed E-state index contributed by atoms with van der Waals surface area (Å²) in [5, 5.41) is 6.71. The molecule has 0 fully saturated rings. The lowest BCUT2D eigenvalue weighted by Gasteiger charge is -2.07. The molecule has 1 N–H and O–H groups in total. The monoisotopic (exact) mass is 425 g/mol. The number of thiophene rings is 1. The number of nitrogens with one attached hydrogen (secondary N) is 1. The Morgan fingerprint density at radius 2 is 1.96 bits per heavy atom. The first-order chi connectivity index (χ1) is 12.7. The minimum atomic E-state index is 0.648. The fourth-order valence-corrected chi connectivity index (χ4v) is 3.81. The molecule has 0 saturated carbocycles. The topological polar surface area (TPSA) is 46.0 Å². The highest BCUT2D eigenvalue weighted by Gasteiger charge is 2.18. The number of nitrogens with zero attached hydrogens (tertiary/aromatic N) is 2. The molecule has 26 heavy (non-hydrogen) atoms. The number of hydrogen-bond donors (Lipinski definition) is 1. The predicted octanol–water partition coefficient (Wildman–Crippen LogP) is 5.34. The molecular formula is C20H16BrN3OS. The first-order valence-corrected chi connectivity index (χ1v) is 9.91. The van der Waals surface area contributed by atoms with Gasteiger partial charge in [-0.25, -0.2) is 4.99 Å². The first kappa shape index (κ1) is 17.0. The van der Waals surface area contributed by atoms with E-state index in [9.17, 15) is 0 Å². The maximum atomic E-state index is 5.52. The minimum Gasteiger partial charge on any atom is -0.494 e. The summed E-state index contributed by atoms with van der Waals surface area (Å²) in [5.41, 5.74) is 6.87. The molecular weight excluding hydrogens is 410 g/mol. The van der Waals surface area contributed by atoms with Crippen molar-refractivity contribution < 1.29 is 4.74 Å². The van der Waals surface area contributed by atoms with Crippen LogP contribution in [0.5, 0.6) is 5.75 Å².